The zero-order chi connectivity index (χ0) is 13.7. The lowest BCUT2D eigenvalue weighted by Gasteiger charge is -1.97. The molecule has 1 heterocycles. The first-order valence-corrected chi connectivity index (χ1v) is 7.50. The summed E-state index contributed by atoms with van der Waals surface area (Å²) in [6.07, 6.45) is 2.75. The number of aliphatic carboxylic acids is 1. The molecule has 0 aliphatic heterocycles. The number of nitrogens with zero attached hydrogens (tertiary/aromatic N) is 1. The van der Waals surface area contributed by atoms with E-state index in [0.29, 0.717) is 0 Å². The van der Waals surface area contributed by atoms with Crippen molar-refractivity contribution in [3.63, 3.8) is 0 Å². The Morgan fingerprint density at radius 3 is 2.84 bits per heavy atom. The Hall–Kier alpha value is -1.59. The molecule has 0 fully saturated rings. The molecule has 3 nitrogen and oxygen atoms in total. The van der Waals surface area contributed by atoms with Gasteiger partial charge in [0.1, 0.15) is 5.01 Å². The third kappa shape index (κ3) is 4.22. The van der Waals surface area contributed by atoms with Crippen molar-refractivity contribution in [2.24, 2.45) is 0 Å². The average Bonchev–Trinajstić information content (AvgIpc) is 2.76. The van der Waals surface area contributed by atoms with Gasteiger partial charge in [0.05, 0.1) is 16.3 Å². The van der Waals surface area contributed by atoms with Gasteiger partial charge in [0.15, 0.2) is 0 Å². The molecule has 5 heteroatoms. The van der Waals surface area contributed by atoms with E-state index in [1.54, 1.807) is 17.8 Å². The van der Waals surface area contributed by atoms with Crippen molar-refractivity contribution in [3.05, 3.63) is 52.0 Å². The van der Waals surface area contributed by atoms with Crippen LogP contribution in [0.1, 0.15) is 15.6 Å². The summed E-state index contributed by atoms with van der Waals surface area (Å²) < 4.78 is 0. The van der Waals surface area contributed by atoms with E-state index in [4.69, 9.17) is 5.11 Å². The lowest BCUT2D eigenvalue weighted by molar-refractivity contribution is -0.131. The summed E-state index contributed by atoms with van der Waals surface area (Å²) in [5, 5.41) is 9.63. The molecule has 0 radical (unpaired) electrons. The van der Waals surface area contributed by atoms with Crippen LogP contribution in [0.25, 0.3) is 6.08 Å². The molecule has 1 aromatic heterocycles. The fourth-order valence-electron chi connectivity index (χ4n) is 1.49. The Balaban J connectivity index is 2.02. The molecular weight excluding hydrogens is 278 g/mol. The van der Waals surface area contributed by atoms with Crippen LogP contribution in [0.5, 0.6) is 0 Å². The molecule has 0 amide bonds. The van der Waals surface area contributed by atoms with Crippen LogP contribution in [0.3, 0.4) is 0 Å². The summed E-state index contributed by atoms with van der Waals surface area (Å²) in [7, 11) is 0. The Labute approximate surface area is 120 Å². The SMILES string of the molecule is Cc1nc(CSc2ccccc2)sc1/C=C/C(=O)O. The van der Waals surface area contributed by atoms with E-state index in [0.717, 1.165) is 27.4 Å². The second-order valence-electron chi connectivity index (χ2n) is 3.83. The van der Waals surface area contributed by atoms with Crippen molar-refractivity contribution in [3.8, 4) is 0 Å². The van der Waals surface area contributed by atoms with Gasteiger partial charge >= 0.3 is 5.97 Å². The fourth-order valence-corrected chi connectivity index (χ4v) is 3.37. The van der Waals surface area contributed by atoms with E-state index in [1.165, 1.54) is 16.2 Å². The number of carboxylic acid groups (broad SMARTS) is 1. The minimum absolute atomic E-state index is 0.802. The maximum absolute atomic E-state index is 10.5. The Morgan fingerprint density at radius 1 is 1.42 bits per heavy atom. The van der Waals surface area contributed by atoms with Gasteiger partial charge in [-0.25, -0.2) is 9.78 Å². The van der Waals surface area contributed by atoms with E-state index < -0.39 is 5.97 Å². The number of carboxylic acids is 1. The van der Waals surface area contributed by atoms with E-state index in [2.05, 4.69) is 17.1 Å². The quantitative estimate of drug-likeness (QED) is 0.671. The van der Waals surface area contributed by atoms with Crippen molar-refractivity contribution in [2.45, 2.75) is 17.6 Å². The standard InChI is InChI=1S/C14H13NO2S2/c1-10-12(7-8-14(16)17)19-13(15-10)9-18-11-5-3-2-4-6-11/h2-8H,9H2,1H3,(H,16,17)/b8-7+. The van der Waals surface area contributed by atoms with Gasteiger partial charge in [0.2, 0.25) is 0 Å². The third-order valence-corrected chi connectivity index (χ3v) is 4.69. The summed E-state index contributed by atoms with van der Waals surface area (Å²) in [5.74, 6) is -0.135. The second-order valence-corrected chi connectivity index (χ2v) is 5.99. The number of thiazole rings is 1. The molecule has 0 saturated carbocycles. The van der Waals surface area contributed by atoms with Crippen LogP contribution < -0.4 is 0 Å². The third-order valence-electron chi connectivity index (χ3n) is 2.36. The highest BCUT2D eigenvalue weighted by Crippen LogP contribution is 2.27. The van der Waals surface area contributed by atoms with Crippen molar-refractivity contribution in [2.75, 3.05) is 0 Å². The lowest BCUT2D eigenvalue weighted by atomic mass is 10.3. The normalized spacial score (nSPS) is 11.0. The number of benzene rings is 1. The summed E-state index contributed by atoms with van der Waals surface area (Å²) in [5.41, 5.74) is 0.881. The molecule has 0 atom stereocenters. The Morgan fingerprint density at radius 2 is 2.16 bits per heavy atom. The first-order valence-electron chi connectivity index (χ1n) is 5.70. The summed E-state index contributed by atoms with van der Waals surface area (Å²) in [6, 6.07) is 10.1. The molecule has 98 valence electrons. The van der Waals surface area contributed by atoms with Gasteiger partial charge in [-0.2, -0.15) is 0 Å². The number of rotatable bonds is 5. The average molecular weight is 291 g/mol. The molecule has 1 aromatic carbocycles. The molecule has 19 heavy (non-hydrogen) atoms. The van der Waals surface area contributed by atoms with Crippen molar-refractivity contribution < 1.29 is 9.90 Å². The van der Waals surface area contributed by atoms with Crippen LogP contribution >= 0.6 is 23.1 Å². The van der Waals surface area contributed by atoms with Gasteiger partial charge < -0.3 is 5.11 Å². The zero-order valence-corrected chi connectivity index (χ0v) is 12.0. The van der Waals surface area contributed by atoms with Crippen molar-refractivity contribution in [1.82, 2.24) is 4.98 Å². The number of carbonyl (C=O) groups is 1. The van der Waals surface area contributed by atoms with Crippen LogP contribution in [-0.2, 0) is 10.5 Å². The number of aromatic nitrogens is 1. The minimum Gasteiger partial charge on any atom is -0.478 e. The first kappa shape index (κ1) is 13.8. The molecule has 0 aliphatic rings. The number of hydrogen-bond donors (Lipinski definition) is 1. The van der Waals surface area contributed by atoms with Crippen molar-refractivity contribution >= 4 is 35.1 Å². The summed E-state index contributed by atoms with van der Waals surface area (Å²) in [4.78, 5) is 17.1. The van der Waals surface area contributed by atoms with E-state index in [-0.39, 0.29) is 0 Å². The first-order chi connectivity index (χ1) is 9.15. The lowest BCUT2D eigenvalue weighted by Crippen LogP contribution is -1.85. The van der Waals surface area contributed by atoms with Crippen LogP contribution in [0.15, 0.2) is 41.3 Å². The second kappa shape index (κ2) is 6.54. The zero-order valence-electron chi connectivity index (χ0n) is 10.4. The Bertz CT molecular complexity index is 591. The van der Waals surface area contributed by atoms with Gasteiger partial charge in [0.25, 0.3) is 0 Å². The number of aryl methyl sites for hydroxylation is 1. The predicted octanol–water partition coefficient (Wildman–Crippen LogP) is 3.84. The number of hydrogen-bond acceptors (Lipinski definition) is 4. The minimum atomic E-state index is -0.937. The van der Waals surface area contributed by atoms with Crippen LogP contribution in [0, 0.1) is 6.92 Å². The highest BCUT2D eigenvalue weighted by molar-refractivity contribution is 7.98. The van der Waals surface area contributed by atoms with Crippen molar-refractivity contribution in [1.29, 1.82) is 0 Å². The molecule has 0 saturated heterocycles. The highest BCUT2D eigenvalue weighted by Gasteiger charge is 2.06. The molecular formula is C14H13NO2S2. The molecule has 0 aliphatic carbocycles. The maximum atomic E-state index is 10.5. The van der Waals surface area contributed by atoms with Gasteiger partial charge in [0, 0.05) is 11.0 Å². The monoisotopic (exact) mass is 291 g/mol. The predicted molar refractivity (Wildman–Crippen MR) is 79.5 cm³/mol. The van der Waals surface area contributed by atoms with Gasteiger partial charge in [-0.05, 0) is 25.1 Å². The van der Waals surface area contributed by atoms with Crippen LogP contribution in [0.2, 0.25) is 0 Å². The maximum Gasteiger partial charge on any atom is 0.328 e. The highest BCUT2D eigenvalue weighted by atomic mass is 32.2. The molecule has 2 aromatic rings. The molecule has 0 bridgehead atoms. The molecule has 0 spiro atoms. The van der Waals surface area contributed by atoms with Gasteiger partial charge in [-0.15, -0.1) is 23.1 Å². The summed E-state index contributed by atoms with van der Waals surface area (Å²) >= 11 is 3.27. The fraction of sp³-hybridized carbons (Fsp3) is 0.143. The smallest absolute Gasteiger partial charge is 0.328 e. The number of thioether (sulfide) groups is 1. The Kier molecular flexibility index (Phi) is 4.76. The van der Waals surface area contributed by atoms with Gasteiger partial charge in [-0.3, -0.25) is 0 Å². The van der Waals surface area contributed by atoms with E-state index >= 15 is 0 Å². The van der Waals surface area contributed by atoms with E-state index in [1.807, 2.05) is 25.1 Å². The van der Waals surface area contributed by atoms with Crippen LogP contribution in [0.4, 0.5) is 0 Å². The molecule has 0 unspecified atom stereocenters. The van der Waals surface area contributed by atoms with Crippen LogP contribution in [-0.4, -0.2) is 16.1 Å². The van der Waals surface area contributed by atoms with Gasteiger partial charge in [-0.1, -0.05) is 18.2 Å². The van der Waals surface area contributed by atoms with E-state index in [9.17, 15) is 4.79 Å². The topological polar surface area (TPSA) is 50.2 Å². The molecule has 2 rings (SSSR count). The molecule has 1 N–H and O–H groups in total. The largest absolute Gasteiger partial charge is 0.478 e. The summed E-state index contributed by atoms with van der Waals surface area (Å²) in [6.45, 7) is 1.90.